The zero-order chi connectivity index (χ0) is 36.7. The van der Waals surface area contributed by atoms with E-state index in [1.54, 1.807) is 0 Å². The van der Waals surface area contributed by atoms with E-state index in [1.807, 2.05) is 22.7 Å². The molecule has 0 fully saturated rings. The van der Waals surface area contributed by atoms with Crippen molar-refractivity contribution in [3.05, 3.63) is 188 Å². The van der Waals surface area contributed by atoms with Crippen LogP contribution in [0, 0.1) is 0 Å². The molecule has 9 aromatic carbocycles. The smallest absolute Gasteiger partial charge is 0.159 e. The standard InChI is InChI=1S/C52H31NOS2/c1-2-10-32(11-3-1)33-20-25-36(26-21-33)53(44-17-8-16-41-42-29-24-34-12-4-5-13-39(34)50(42)54-51(41)44)37-27-22-35(23-28-37)38-15-9-19-46-48(38)49-47(55-46)31-30-43-40-14-6-7-18-45(40)56-52(43)49/h1-31H. The van der Waals surface area contributed by atoms with Crippen LogP contribution in [0.15, 0.2) is 192 Å². The van der Waals surface area contributed by atoms with Crippen molar-refractivity contribution >= 4 is 113 Å². The SMILES string of the molecule is c1ccc(-c2ccc(N(c3ccc(-c4cccc5sc6ccc7c8ccccc8sc7c6c45)cc3)c3cccc4c3oc3c5ccccc5ccc43)cc2)cc1. The molecule has 2 nitrogen and oxygen atoms in total. The van der Waals surface area contributed by atoms with Gasteiger partial charge in [0.15, 0.2) is 5.58 Å². The third-order valence-electron chi connectivity index (χ3n) is 11.3. The van der Waals surface area contributed by atoms with E-state index in [1.165, 1.54) is 68.0 Å². The van der Waals surface area contributed by atoms with E-state index in [0.29, 0.717) is 0 Å². The second kappa shape index (κ2) is 12.4. The van der Waals surface area contributed by atoms with Gasteiger partial charge in [0, 0.05) is 67.9 Å². The molecule has 0 bridgehead atoms. The van der Waals surface area contributed by atoms with Crippen LogP contribution in [0.25, 0.3) is 95.3 Å². The van der Waals surface area contributed by atoms with Gasteiger partial charge in [-0.05, 0) is 82.2 Å². The second-order valence-corrected chi connectivity index (χ2v) is 16.5. The molecule has 12 aromatic rings. The van der Waals surface area contributed by atoms with E-state index >= 15 is 0 Å². The highest BCUT2D eigenvalue weighted by atomic mass is 32.1. The number of fused-ring (bicyclic) bond motifs is 12. The molecule has 0 aliphatic heterocycles. The van der Waals surface area contributed by atoms with E-state index in [2.05, 4.69) is 193 Å². The fraction of sp³-hybridized carbons (Fsp3) is 0. The summed E-state index contributed by atoms with van der Waals surface area (Å²) in [5, 5.41) is 9.90. The van der Waals surface area contributed by atoms with Crippen molar-refractivity contribution in [2.24, 2.45) is 0 Å². The van der Waals surface area contributed by atoms with Crippen molar-refractivity contribution in [1.29, 1.82) is 0 Å². The number of anilines is 3. The minimum absolute atomic E-state index is 0.872. The first-order valence-electron chi connectivity index (χ1n) is 18.9. The minimum atomic E-state index is 0.872. The summed E-state index contributed by atoms with van der Waals surface area (Å²) in [6.07, 6.45) is 0. The predicted octanol–water partition coefficient (Wildman–Crippen LogP) is 16.3. The van der Waals surface area contributed by atoms with Crippen LogP contribution in [0.4, 0.5) is 17.1 Å². The number of hydrogen-bond donors (Lipinski definition) is 0. The van der Waals surface area contributed by atoms with E-state index in [4.69, 9.17) is 4.42 Å². The number of hydrogen-bond acceptors (Lipinski definition) is 4. The zero-order valence-electron chi connectivity index (χ0n) is 30.1. The normalized spacial score (nSPS) is 11.9. The molecule has 56 heavy (non-hydrogen) atoms. The van der Waals surface area contributed by atoms with Gasteiger partial charge < -0.3 is 9.32 Å². The van der Waals surface area contributed by atoms with Gasteiger partial charge in [-0.2, -0.15) is 0 Å². The molecule has 0 aliphatic carbocycles. The fourth-order valence-corrected chi connectivity index (χ4v) is 11.1. The molecule has 0 spiro atoms. The van der Waals surface area contributed by atoms with Gasteiger partial charge in [-0.1, -0.05) is 133 Å². The summed E-state index contributed by atoms with van der Waals surface area (Å²) >= 11 is 3.80. The molecule has 4 heteroatoms. The molecule has 0 saturated heterocycles. The zero-order valence-corrected chi connectivity index (χ0v) is 31.7. The summed E-state index contributed by atoms with van der Waals surface area (Å²) in [7, 11) is 0. The van der Waals surface area contributed by atoms with Crippen LogP contribution in [0.1, 0.15) is 0 Å². The summed E-state index contributed by atoms with van der Waals surface area (Å²) in [6.45, 7) is 0. The van der Waals surface area contributed by atoms with Crippen LogP contribution in [0.2, 0.25) is 0 Å². The van der Waals surface area contributed by atoms with Crippen LogP contribution in [-0.2, 0) is 0 Å². The number of benzene rings is 9. The highest BCUT2D eigenvalue weighted by Gasteiger charge is 2.21. The lowest BCUT2D eigenvalue weighted by Crippen LogP contribution is -2.10. The van der Waals surface area contributed by atoms with Gasteiger partial charge in [0.2, 0.25) is 0 Å². The maximum Gasteiger partial charge on any atom is 0.159 e. The van der Waals surface area contributed by atoms with Crippen molar-refractivity contribution in [3.63, 3.8) is 0 Å². The van der Waals surface area contributed by atoms with E-state index in [-0.39, 0.29) is 0 Å². The van der Waals surface area contributed by atoms with Crippen molar-refractivity contribution in [2.75, 3.05) is 4.90 Å². The van der Waals surface area contributed by atoms with Crippen LogP contribution >= 0.6 is 22.7 Å². The van der Waals surface area contributed by atoms with Gasteiger partial charge in [-0.3, -0.25) is 0 Å². The van der Waals surface area contributed by atoms with Gasteiger partial charge in [-0.25, -0.2) is 0 Å². The number of rotatable bonds is 5. The van der Waals surface area contributed by atoms with Gasteiger partial charge in [0.05, 0.1) is 5.69 Å². The van der Waals surface area contributed by atoms with E-state index in [9.17, 15) is 0 Å². The maximum atomic E-state index is 6.90. The Morgan fingerprint density at radius 2 is 0.982 bits per heavy atom. The summed E-state index contributed by atoms with van der Waals surface area (Å²) in [5.74, 6) is 0. The monoisotopic (exact) mass is 749 g/mol. The molecule has 0 amide bonds. The molecule has 262 valence electrons. The Labute approximate surface area is 330 Å². The molecule has 0 unspecified atom stereocenters. The Balaban J connectivity index is 1.04. The first kappa shape index (κ1) is 31.6. The van der Waals surface area contributed by atoms with Gasteiger partial charge in [-0.15, -0.1) is 22.7 Å². The number of nitrogens with zero attached hydrogens (tertiary/aromatic N) is 1. The minimum Gasteiger partial charge on any atom is -0.453 e. The summed E-state index contributed by atoms with van der Waals surface area (Å²) in [4.78, 5) is 2.34. The lowest BCUT2D eigenvalue weighted by molar-refractivity contribution is 0.673. The first-order valence-corrected chi connectivity index (χ1v) is 20.5. The Bertz CT molecular complexity index is 3460. The summed E-state index contributed by atoms with van der Waals surface area (Å²) < 4.78 is 12.3. The molecule has 0 aliphatic rings. The number of para-hydroxylation sites is 1. The molecule has 3 heterocycles. The summed E-state index contributed by atoms with van der Waals surface area (Å²) in [6, 6.07) is 68.1. The third kappa shape index (κ3) is 4.80. The Morgan fingerprint density at radius 1 is 0.357 bits per heavy atom. The average molecular weight is 750 g/mol. The molecular weight excluding hydrogens is 719 g/mol. The predicted molar refractivity (Wildman–Crippen MR) is 243 cm³/mol. The fourth-order valence-electron chi connectivity index (χ4n) is 8.66. The topological polar surface area (TPSA) is 16.4 Å². The van der Waals surface area contributed by atoms with Gasteiger partial charge in [0.25, 0.3) is 0 Å². The highest BCUT2D eigenvalue weighted by Crippen LogP contribution is 2.48. The molecule has 0 N–H and O–H groups in total. The van der Waals surface area contributed by atoms with Crippen LogP contribution in [-0.4, -0.2) is 0 Å². The van der Waals surface area contributed by atoms with Crippen LogP contribution in [0.3, 0.4) is 0 Å². The Morgan fingerprint density at radius 3 is 1.82 bits per heavy atom. The molecule has 0 atom stereocenters. The molecule has 0 saturated carbocycles. The van der Waals surface area contributed by atoms with Crippen molar-refractivity contribution in [3.8, 4) is 22.3 Å². The van der Waals surface area contributed by atoms with Gasteiger partial charge in [0.1, 0.15) is 5.58 Å². The largest absolute Gasteiger partial charge is 0.453 e. The Kier molecular flexibility index (Phi) is 7.00. The molecule has 3 aromatic heterocycles. The van der Waals surface area contributed by atoms with E-state index in [0.717, 1.165) is 44.4 Å². The molecule has 0 radical (unpaired) electrons. The quantitative estimate of drug-likeness (QED) is 0.174. The third-order valence-corrected chi connectivity index (χ3v) is 13.6. The van der Waals surface area contributed by atoms with Crippen molar-refractivity contribution in [1.82, 2.24) is 0 Å². The lowest BCUT2D eigenvalue weighted by Gasteiger charge is -2.26. The number of furan rings is 1. The van der Waals surface area contributed by atoms with Crippen molar-refractivity contribution in [2.45, 2.75) is 0 Å². The van der Waals surface area contributed by atoms with E-state index < -0.39 is 0 Å². The number of thiophene rings is 2. The van der Waals surface area contributed by atoms with Crippen molar-refractivity contribution < 1.29 is 4.42 Å². The summed E-state index contributed by atoms with van der Waals surface area (Å²) in [5.41, 5.74) is 9.76. The average Bonchev–Trinajstić information content (AvgIpc) is 3.96. The highest BCUT2D eigenvalue weighted by molar-refractivity contribution is 7.29. The molecular formula is C52H31NOS2. The molecule has 12 rings (SSSR count). The van der Waals surface area contributed by atoms with Crippen LogP contribution < -0.4 is 4.90 Å². The maximum absolute atomic E-state index is 6.90. The lowest BCUT2D eigenvalue weighted by atomic mass is 9.98. The van der Waals surface area contributed by atoms with Gasteiger partial charge >= 0.3 is 0 Å². The first-order chi connectivity index (χ1) is 27.8. The second-order valence-electron chi connectivity index (χ2n) is 14.4. The van der Waals surface area contributed by atoms with Crippen LogP contribution in [0.5, 0.6) is 0 Å². The Hall–Kier alpha value is -6.72.